The van der Waals surface area contributed by atoms with Crippen molar-refractivity contribution >= 4 is 16.0 Å². The largest absolute Gasteiger partial charge is 0.480 e. The standard InChI is InChI=1S/C17H15NO5S/c19-12-15-5-3-13(4-6-15)1-2-14-7-9-16(10-8-14)24(22,23)18-11-17(20)21/h3-10,18-19H,11-12H2,(H,20,21). The lowest BCUT2D eigenvalue weighted by Crippen LogP contribution is -2.29. The first-order chi connectivity index (χ1) is 11.4. The summed E-state index contributed by atoms with van der Waals surface area (Å²) in [5, 5.41) is 17.5. The average Bonchev–Trinajstić information content (AvgIpc) is 2.59. The van der Waals surface area contributed by atoms with Crippen LogP contribution in [0, 0.1) is 11.8 Å². The monoisotopic (exact) mass is 345 g/mol. The summed E-state index contributed by atoms with van der Waals surface area (Å²) in [5.41, 5.74) is 2.19. The molecule has 0 heterocycles. The Labute approximate surface area is 139 Å². The van der Waals surface area contributed by atoms with Crippen molar-refractivity contribution in [2.24, 2.45) is 0 Å². The number of nitrogens with one attached hydrogen (secondary N) is 1. The van der Waals surface area contributed by atoms with Crippen LogP contribution < -0.4 is 4.72 Å². The predicted molar refractivity (Wildman–Crippen MR) is 87.6 cm³/mol. The van der Waals surface area contributed by atoms with Crippen LogP contribution in [0.1, 0.15) is 16.7 Å². The molecule has 0 unspecified atom stereocenters. The summed E-state index contributed by atoms with van der Waals surface area (Å²) in [6, 6.07) is 12.9. The first kappa shape index (κ1) is 17.7. The SMILES string of the molecule is O=C(O)CNS(=O)(=O)c1ccc(C#Cc2ccc(CO)cc2)cc1. The van der Waals surface area contributed by atoms with E-state index in [1.54, 1.807) is 36.4 Å². The van der Waals surface area contributed by atoms with Crippen LogP contribution in [0.5, 0.6) is 0 Å². The molecule has 0 radical (unpaired) electrons. The van der Waals surface area contributed by atoms with E-state index in [4.69, 9.17) is 10.2 Å². The van der Waals surface area contributed by atoms with Gasteiger partial charge >= 0.3 is 5.97 Å². The number of carboxylic acids is 1. The molecule has 0 saturated carbocycles. The van der Waals surface area contributed by atoms with Crippen LogP contribution in [0.2, 0.25) is 0 Å². The first-order valence-corrected chi connectivity index (χ1v) is 8.42. The Balaban J connectivity index is 2.12. The Morgan fingerprint density at radius 2 is 1.46 bits per heavy atom. The fraction of sp³-hybridized carbons (Fsp3) is 0.118. The van der Waals surface area contributed by atoms with Crippen LogP contribution in [0.4, 0.5) is 0 Å². The van der Waals surface area contributed by atoms with Crippen molar-refractivity contribution in [3.63, 3.8) is 0 Å². The second-order valence-electron chi connectivity index (χ2n) is 4.85. The van der Waals surface area contributed by atoms with Crippen molar-refractivity contribution in [1.29, 1.82) is 0 Å². The summed E-state index contributed by atoms with van der Waals surface area (Å²) in [7, 11) is -3.85. The van der Waals surface area contributed by atoms with Crippen LogP contribution in [-0.2, 0) is 21.4 Å². The molecular weight excluding hydrogens is 330 g/mol. The van der Waals surface area contributed by atoms with Gasteiger partial charge in [-0.05, 0) is 42.0 Å². The molecule has 0 aliphatic rings. The Hall–Kier alpha value is -2.66. The molecule has 124 valence electrons. The van der Waals surface area contributed by atoms with Gasteiger partial charge in [-0.25, -0.2) is 8.42 Å². The zero-order chi connectivity index (χ0) is 17.6. The zero-order valence-corrected chi connectivity index (χ0v) is 13.4. The predicted octanol–water partition coefficient (Wildman–Crippen LogP) is 0.942. The van der Waals surface area contributed by atoms with Crippen LogP contribution in [0.3, 0.4) is 0 Å². The summed E-state index contributed by atoms with van der Waals surface area (Å²) in [6.07, 6.45) is 0. The van der Waals surface area contributed by atoms with Gasteiger partial charge in [-0.1, -0.05) is 24.0 Å². The topological polar surface area (TPSA) is 104 Å². The molecule has 3 N–H and O–H groups in total. The Morgan fingerprint density at radius 3 is 1.92 bits per heavy atom. The molecule has 6 nitrogen and oxygen atoms in total. The van der Waals surface area contributed by atoms with Crippen molar-refractivity contribution in [3.05, 3.63) is 65.2 Å². The molecule has 0 fully saturated rings. The average molecular weight is 345 g/mol. The second-order valence-corrected chi connectivity index (χ2v) is 6.61. The summed E-state index contributed by atoms with van der Waals surface area (Å²) < 4.78 is 25.7. The van der Waals surface area contributed by atoms with Crippen LogP contribution in [0.15, 0.2) is 53.4 Å². The maximum Gasteiger partial charge on any atom is 0.318 e. The molecule has 0 spiro atoms. The highest BCUT2D eigenvalue weighted by Crippen LogP contribution is 2.10. The third-order valence-electron chi connectivity index (χ3n) is 3.07. The number of sulfonamides is 1. The van der Waals surface area contributed by atoms with Gasteiger partial charge in [0.15, 0.2) is 0 Å². The van der Waals surface area contributed by atoms with E-state index in [2.05, 4.69) is 11.8 Å². The van der Waals surface area contributed by atoms with E-state index in [1.165, 1.54) is 12.1 Å². The van der Waals surface area contributed by atoms with Gasteiger partial charge in [0.05, 0.1) is 11.5 Å². The minimum absolute atomic E-state index is 0.0263. The summed E-state index contributed by atoms with van der Waals surface area (Å²) in [4.78, 5) is 10.4. The van der Waals surface area contributed by atoms with Crippen LogP contribution in [-0.4, -0.2) is 31.1 Å². The summed E-state index contributed by atoms with van der Waals surface area (Å²) >= 11 is 0. The van der Waals surface area contributed by atoms with Gasteiger partial charge in [0.25, 0.3) is 0 Å². The number of aliphatic carboxylic acids is 1. The molecular formula is C17H15NO5S. The molecule has 2 rings (SSSR count). The van der Waals surface area contributed by atoms with Gasteiger partial charge in [-0.15, -0.1) is 0 Å². The van der Waals surface area contributed by atoms with Gasteiger partial charge in [0.2, 0.25) is 10.0 Å². The molecule has 0 bridgehead atoms. The molecule has 2 aromatic carbocycles. The molecule has 0 atom stereocenters. The molecule has 7 heteroatoms. The van der Waals surface area contributed by atoms with Gasteiger partial charge < -0.3 is 10.2 Å². The lowest BCUT2D eigenvalue weighted by Gasteiger charge is -2.04. The number of hydrogen-bond acceptors (Lipinski definition) is 4. The Morgan fingerprint density at radius 1 is 0.958 bits per heavy atom. The molecule has 0 aliphatic carbocycles. The third-order valence-corrected chi connectivity index (χ3v) is 4.48. The Kier molecular flexibility index (Phi) is 5.71. The number of rotatable bonds is 5. The van der Waals surface area contributed by atoms with E-state index >= 15 is 0 Å². The number of aliphatic hydroxyl groups excluding tert-OH is 1. The normalized spacial score (nSPS) is 10.7. The lowest BCUT2D eigenvalue weighted by atomic mass is 10.1. The van der Waals surface area contributed by atoms with Gasteiger partial charge in [0, 0.05) is 11.1 Å². The quantitative estimate of drug-likeness (QED) is 0.700. The third kappa shape index (κ3) is 4.93. The fourth-order valence-electron chi connectivity index (χ4n) is 1.80. The number of benzene rings is 2. The number of aliphatic hydroxyl groups is 1. The Bertz CT molecular complexity index is 875. The lowest BCUT2D eigenvalue weighted by molar-refractivity contribution is -0.135. The number of hydrogen-bond donors (Lipinski definition) is 3. The molecule has 0 aliphatic heterocycles. The molecule has 2 aromatic rings. The smallest absolute Gasteiger partial charge is 0.318 e. The minimum Gasteiger partial charge on any atom is -0.480 e. The molecule has 24 heavy (non-hydrogen) atoms. The molecule has 0 amide bonds. The maximum absolute atomic E-state index is 11.9. The van der Waals surface area contributed by atoms with Gasteiger partial charge in [0.1, 0.15) is 6.54 Å². The fourth-order valence-corrected chi connectivity index (χ4v) is 2.77. The van der Waals surface area contributed by atoms with Gasteiger partial charge in [-0.2, -0.15) is 4.72 Å². The van der Waals surface area contributed by atoms with Crippen molar-refractivity contribution in [3.8, 4) is 11.8 Å². The van der Waals surface area contributed by atoms with E-state index < -0.39 is 22.5 Å². The van der Waals surface area contributed by atoms with E-state index in [0.29, 0.717) is 5.56 Å². The minimum atomic E-state index is -3.85. The highest BCUT2D eigenvalue weighted by Gasteiger charge is 2.14. The number of carbonyl (C=O) groups is 1. The highest BCUT2D eigenvalue weighted by molar-refractivity contribution is 7.89. The summed E-state index contributed by atoms with van der Waals surface area (Å²) in [6.45, 7) is -0.701. The van der Waals surface area contributed by atoms with Crippen LogP contribution in [0.25, 0.3) is 0 Å². The van der Waals surface area contributed by atoms with Crippen molar-refractivity contribution in [2.45, 2.75) is 11.5 Å². The zero-order valence-electron chi connectivity index (χ0n) is 12.6. The van der Waals surface area contributed by atoms with E-state index in [-0.39, 0.29) is 11.5 Å². The highest BCUT2D eigenvalue weighted by atomic mass is 32.2. The van der Waals surface area contributed by atoms with Crippen molar-refractivity contribution in [1.82, 2.24) is 4.72 Å². The summed E-state index contributed by atoms with van der Waals surface area (Å²) in [5.74, 6) is 4.59. The number of carboxylic acid groups (broad SMARTS) is 1. The van der Waals surface area contributed by atoms with E-state index in [0.717, 1.165) is 11.1 Å². The second kappa shape index (κ2) is 7.75. The maximum atomic E-state index is 11.9. The van der Waals surface area contributed by atoms with E-state index in [1.807, 2.05) is 4.72 Å². The first-order valence-electron chi connectivity index (χ1n) is 6.94. The van der Waals surface area contributed by atoms with Gasteiger partial charge in [-0.3, -0.25) is 4.79 Å². The molecule has 0 aromatic heterocycles. The van der Waals surface area contributed by atoms with Crippen molar-refractivity contribution in [2.75, 3.05) is 6.54 Å². The van der Waals surface area contributed by atoms with Crippen LogP contribution >= 0.6 is 0 Å². The molecule has 0 saturated heterocycles. The van der Waals surface area contributed by atoms with Crippen molar-refractivity contribution < 1.29 is 23.4 Å². The van der Waals surface area contributed by atoms with E-state index in [9.17, 15) is 13.2 Å².